The summed E-state index contributed by atoms with van der Waals surface area (Å²) in [4.78, 5) is 31.1. The molecule has 2 bridgehead atoms. The Morgan fingerprint density at radius 2 is 1.81 bits per heavy atom. The van der Waals surface area contributed by atoms with Crippen molar-refractivity contribution in [1.29, 1.82) is 0 Å². The molecule has 0 radical (unpaired) electrons. The van der Waals surface area contributed by atoms with Gasteiger partial charge in [0.05, 0.1) is 23.0 Å². The number of aliphatic hydroxyl groups is 1. The molecule has 1 unspecified atom stereocenters. The Labute approximate surface area is 216 Å². The maximum Gasteiger partial charge on any atom is 0.237 e. The highest BCUT2D eigenvalue weighted by molar-refractivity contribution is 6.06. The Morgan fingerprint density at radius 1 is 1.00 bits per heavy atom. The molecule has 7 heteroatoms. The average molecular weight is 501 g/mol. The van der Waals surface area contributed by atoms with Crippen molar-refractivity contribution < 1.29 is 24.5 Å². The molecule has 2 saturated carbocycles. The Bertz CT molecular complexity index is 1320. The van der Waals surface area contributed by atoms with Gasteiger partial charge in [-0.2, -0.15) is 0 Å². The summed E-state index contributed by atoms with van der Waals surface area (Å²) in [6.07, 6.45) is 4.53. The first-order valence-corrected chi connectivity index (χ1v) is 13.8. The summed E-state index contributed by atoms with van der Waals surface area (Å²) < 4.78 is 6.59. The van der Waals surface area contributed by atoms with Crippen LogP contribution in [0.5, 0.6) is 11.5 Å². The fourth-order valence-corrected chi connectivity index (χ4v) is 8.66. The summed E-state index contributed by atoms with van der Waals surface area (Å²) in [6, 6.07) is 12.7. The first-order chi connectivity index (χ1) is 17.9. The molecule has 2 saturated heterocycles. The maximum atomic E-state index is 13.8. The molecule has 1 spiro atoms. The fraction of sp³-hybridized carbons (Fsp3) is 0.533. The first-order valence-electron chi connectivity index (χ1n) is 13.8. The Morgan fingerprint density at radius 3 is 2.59 bits per heavy atom. The van der Waals surface area contributed by atoms with Crippen molar-refractivity contribution in [3.8, 4) is 11.5 Å². The predicted octanol–water partition coefficient (Wildman–Crippen LogP) is 2.87. The van der Waals surface area contributed by atoms with Crippen LogP contribution in [0.2, 0.25) is 0 Å². The standard InChI is InChI=1S/C30H32N2O5/c33-22-9-8-19-14-23-30(36)11-10-21(32-24(34)15-20(28(32)35)18-4-2-1-3-5-18)27-29(30,25(19)26(22)37-27)12-13-31(23)16-17-6-7-17/h1-5,8-9,17,20-21,23,27,33,36H,6-7,10-16H2/t20?,21-,23-,27+,29+,30-/m1/s1. The summed E-state index contributed by atoms with van der Waals surface area (Å²) >= 11 is 0. The van der Waals surface area contributed by atoms with Crippen molar-refractivity contribution in [2.45, 2.75) is 80.1 Å². The van der Waals surface area contributed by atoms with Crippen LogP contribution < -0.4 is 4.74 Å². The third-order valence-electron chi connectivity index (χ3n) is 10.4. The first kappa shape index (κ1) is 22.1. The minimum Gasteiger partial charge on any atom is -0.504 e. The lowest BCUT2D eigenvalue weighted by Gasteiger charge is -2.64. The van der Waals surface area contributed by atoms with E-state index in [1.165, 1.54) is 17.7 Å². The number of benzene rings is 2. The van der Waals surface area contributed by atoms with Gasteiger partial charge >= 0.3 is 0 Å². The van der Waals surface area contributed by atoms with Gasteiger partial charge in [0.15, 0.2) is 11.5 Å². The van der Waals surface area contributed by atoms with Crippen LogP contribution in [0.4, 0.5) is 0 Å². The molecule has 4 fully saturated rings. The second-order valence-corrected chi connectivity index (χ2v) is 12.2. The van der Waals surface area contributed by atoms with Crippen molar-refractivity contribution in [1.82, 2.24) is 9.80 Å². The summed E-state index contributed by atoms with van der Waals surface area (Å²) in [5, 5.41) is 23.5. The van der Waals surface area contributed by atoms with Crippen molar-refractivity contribution in [3.05, 3.63) is 59.2 Å². The Kier molecular flexibility index (Phi) is 4.40. The number of imide groups is 1. The highest BCUT2D eigenvalue weighted by Crippen LogP contribution is 2.66. The number of aromatic hydroxyl groups is 1. The van der Waals surface area contributed by atoms with Gasteiger partial charge in [0.1, 0.15) is 6.10 Å². The van der Waals surface area contributed by atoms with Crippen LogP contribution in [0, 0.1) is 5.92 Å². The lowest BCUT2D eigenvalue weighted by Crippen LogP contribution is -2.78. The van der Waals surface area contributed by atoms with E-state index in [4.69, 9.17) is 4.74 Å². The highest BCUT2D eigenvalue weighted by Gasteiger charge is 2.74. The molecule has 2 aromatic rings. The molecule has 0 aromatic heterocycles. The molecular weight excluding hydrogens is 468 g/mol. The fourth-order valence-electron chi connectivity index (χ4n) is 8.66. The molecule has 7 nitrogen and oxygen atoms in total. The van der Waals surface area contributed by atoms with E-state index in [0.717, 1.165) is 42.1 Å². The van der Waals surface area contributed by atoms with Gasteiger partial charge in [0.25, 0.3) is 0 Å². The predicted molar refractivity (Wildman–Crippen MR) is 134 cm³/mol. The lowest BCUT2D eigenvalue weighted by atomic mass is 9.48. The number of phenols is 1. The van der Waals surface area contributed by atoms with Crippen LogP contribution >= 0.6 is 0 Å². The molecular formula is C30H32N2O5. The molecule has 3 aliphatic heterocycles. The van der Waals surface area contributed by atoms with E-state index in [1.54, 1.807) is 6.07 Å². The number of amides is 2. The van der Waals surface area contributed by atoms with Crippen molar-refractivity contribution >= 4 is 11.8 Å². The zero-order valence-corrected chi connectivity index (χ0v) is 20.8. The van der Waals surface area contributed by atoms with Crippen LogP contribution in [-0.4, -0.2) is 68.7 Å². The third kappa shape index (κ3) is 2.74. The van der Waals surface area contributed by atoms with Crippen LogP contribution in [0.25, 0.3) is 0 Å². The zero-order chi connectivity index (χ0) is 25.1. The Balaban J connectivity index is 1.23. The van der Waals surface area contributed by atoms with Crippen molar-refractivity contribution in [3.63, 3.8) is 0 Å². The number of carbonyl (C=O) groups is 2. The molecule has 37 heavy (non-hydrogen) atoms. The van der Waals surface area contributed by atoms with Gasteiger partial charge in [0, 0.05) is 24.6 Å². The van der Waals surface area contributed by atoms with Gasteiger partial charge < -0.3 is 14.9 Å². The van der Waals surface area contributed by atoms with Gasteiger partial charge in [-0.1, -0.05) is 36.4 Å². The number of phenolic OH excluding ortho intramolecular Hbond substituents is 1. The monoisotopic (exact) mass is 500 g/mol. The van der Waals surface area contributed by atoms with Crippen LogP contribution in [-0.2, 0) is 21.4 Å². The summed E-state index contributed by atoms with van der Waals surface area (Å²) in [7, 11) is 0. The number of hydrogen-bond acceptors (Lipinski definition) is 6. The molecule has 2 N–H and O–H groups in total. The van der Waals surface area contributed by atoms with E-state index in [-0.39, 0.29) is 30.0 Å². The van der Waals surface area contributed by atoms with E-state index < -0.39 is 29.1 Å². The van der Waals surface area contributed by atoms with E-state index in [9.17, 15) is 19.8 Å². The number of nitrogens with zero attached hydrogens (tertiary/aromatic N) is 2. The van der Waals surface area contributed by atoms with Crippen molar-refractivity contribution in [2.75, 3.05) is 13.1 Å². The third-order valence-corrected chi connectivity index (χ3v) is 10.4. The summed E-state index contributed by atoms with van der Waals surface area (Å²) in [5.74, 6) is 0.401. The molecule has 6 aliphatic rings. The average Bonchev–Trinajstić information content (AvgIpc) is 3.57. The van der Waals surface area contributed by atoms with Gasteiger partial charge in [-0.05, 0) is 68.2 Å². The molecule has 3 aliphatic carbocycles. The van der Waals surface area contributed by atoms with Crippen molar-refractivity contribution in [2.24, 2.45) is 5.92 Å². The molecule has 2 aromatic carbocycles. The molecule has 8 rings (SSSR count). The van der Waals surface area contributed by atoms with Gasteiger partial charge in [0.2, 0.25) is 11.8 Å². The smallest absolute Gasteiger partial charge is 0.237 e. The minimum absolute atomic E-state index is 0.0288. The zero-order valence-electron chi connectivity index (χ0n) is 20.8. The van der Waals surface area contributed by atoms with Gasteiger partial charge in [-0.25, -0.2) is 0 Å². The van der Waals surface area contributed by atoms with E-state index in [1.807, 2.05) is 36.4 Å². The van der Waals surface area contributed by atoms with Crippen LogP contribution in [0.3, 0.4) is 0 Å². The minimum atomic E-state index is -1.03. The quantitative estimate of drug-likeness (QED) is 0.628. The molecule has 192 valence electrons. The molecule has 6 atom stereocenters. The second kappa shape index (κ2) is 7.35. The topological polar surface area (TPSA) is 90.3 Å². The Hall–Kier alpha value is -2.90. The van der Waals surface area contributed by atoms with E-state index >= 15 is 0 Å². The normalized spacial score (nSPS) is 38.0. The number of ether oxygens (including phenoxy) is 1. The number of rotatable bonds is 4. The van der Waals surface area contributed by atoms with E-state index in [0.29, 0.717) is 25.0 Å². The summed E-state index contributed by atoms with van der Waals surface area (Å²) in [5.41, 5.74) is 1.12. The van der Waals surface area contributed by atoms with Crippen LogP contribution in [0.15, 0.2) is 42.5 Å². The lowest BCUT2D eigenvalue weighted by molar-refractivity contribution is -0.201. The van der Waals surface area contributed by atoms with Crippen LogP contribution in [0.1, 0.15) is 61.1 Å². The van der Waals surface area contributed by atoms with Gasteiger partial charge in [-0.3, -0.25) is 19.4 Å². The number of likely N-dealkylation sites (tertiary alicyclic amines) is 2. The second-order valence-electron chi connectivity index (χ2n) is 12.2. The highest BCUT2D eigenvalue weighted by atomic mass is 16.5. The molecule has 2 amide bonds. The molecule has 3 heterocycles. The number of carbonyl (C=O) groups excluding carboxylic acids is 2. The maximum absolute atomic E-state index is 13.8. The van der Waals surface area contributed by atoms with E-state index in [2.05, 4.69) is 4.90 Å². The van der Waals surface area contributed by atoms with Gasteiger partial charge in [-0.15, -0.1) is 0 Å². The summed E-state index contributed by atoms with van der Waals surface area (Å²) in [6.45, 7) is 1.86. The largest absolute Gasteiger partial charge is 0.504 e. The number of hydrogen-bond donors (Lipinski definition) is 2. The number of piperidine rings is 1. The SMILES string of the molecule is O=C1CC(c2ccccc2)C(=O)N1[C@@H]1CC[C@@]2(O)[C@H]3Cc4ccc(O)c5c4[C@@]2(CCN3CC2CC2)[C@H]1O5.